The van der Waals surface area contributed by atoms with Gasteiger partial charge in [0.25, 0.3) is 0 Å². The Balaban J connectivity index is 1.86. The summed E-state index contributed by atoms with van der Waals surface area (Å²) in [5, 5.41) is 18.0. The Labute approximate surface area is 185 Å². The minimum atomic E-state index is -0.964. The second-order valence-corrected chi connectivity index (χ2v) is 6.86. The lowest BCUT2D eigenvalue weighted by Crippen LogP contribution is -1.95. The molecule has 6 nitrogen and oxygen atoms in total. The zero-order valence-electron chi connectivity index (χ0n) is 17.6. The lowest BCUT2D eigenvalue weighted by atomic mass is 10.0. The average Bonchev–Trinajstić information content (AvgIpc) is 2.81. The molecule has 0 atom stereocenters. The van der Waals surface area contributed by atoms with Gasteiger partial charge in [0.05, 0.1) is 25.3 Å². The van der Waals surface area contributed by atoms with Crippen LogP contribution in [0, 0.1) is 0 Å². The largest absolute Gasteiger partial charge is 0.496 e. The minimum absolute atomic E-state index is 0.232. The predicted molar refractivity (Wildman–Crippen MR) is 124 cm³/mol. The van der Waals surface area contributed by atoms with Crippen LogP contribution in [-0.4, -0.2) is 36.4 Å². The van der Waals surface area contributed by atoms with Crippen LogP contribution < -0.4 is 9.47 Å². The Morgan fingerprint density at radius 1 is 0.625 bits per heavy atom. The lowest BCUT2D eigenvalue weighted by Gasteiger charge is -2.11. The van der Waals surface area contributed by atoms with Gasteiger partial charge in [-0.15, -0.1) is 0 Å². The van der Waals surface area contributed by atoms with E-state index < -0.39 is 11.9 Å². The molecule has 0 radical (unpaired) electrons. The zero-order chi connectivity index (χ0) is 23.1. The molecule has 0 unspecified atom stereocenters. The van der Waals surface area contributed by atoms with Crippen molar-refractivity contribution >= 4 is 36.2 Å². The number of carboxylic acids is 2. The maximum absolute atomic E-state index is 11.0. The fraction of sp³-hybridized carbons (Fsp3) is 0.0769. The highest BCUT2D eigenvalue weighted by atomic mass is 16.5. The topological polar surface area (TPSA) is 93.1 Å². The van der Waals surface area contributed by atoms with Gasteiger partial charge < -0.3 is 19.7 Å². The van der Waals surface area contributed by atoms with Gasteiger partial charge in [-0.1, -0.05) is 48.6 Å². The molecule has 0 aliphatic rings. The molecule has 0 aliphatic heterocycles. The van der Waals surface area contributed by atoms with E-state index in [0.29, 0.717) is 11.5 Å². The van der Waals surface area contributed by atoms with E-state index in [1.807, 2.05) is 36.4 Å². The molecule has 6 heteroatoms. The van der Waals surface area contributed by atoms with E-state index in [0.717, 1.165) is 22.3 Å². The van der Waals surface area contributed by atoms with E-state index >= 15 is 0 Å². The molecule has 3 aromatic carbocycles. The summed E-state index contributed by atoms with van der Waals surface area (Å²) in [4.78, 5) is 22.0. The SMILES string of the molecule is COc1cc(/C=C/c2ccc(C(=O)O)cc2)c(OC)cc1/C=C/c1ccc(C(=O)O)cc1. The molecule has 3 aromatic rings. The summed E-state index contributed by atoms with van der Waals surface area (Å²) in [5.41, 5.74) is 3.77. The third-order valence-electron chi connectivity index (χ3n) is 4.81. The highest BCUT2D eigenvalue weighted by Gasteiger charge is 2.08. The third kappa shape index (κ3) is 5.43. The average molecular weight is 430 g/mol. The minimum Gasteiger partial charge on any atom is -0.496 e. The van der Waals surface area contributed by atoms with Crippen molar-refractivity contribution in [3.05, 3.63) is 94.0 Å². The highest BCUT2D eigenvalue weighted by Crippen LogP contribution is 2.31. The van der Waals surface area contributed by atoms with E-state index in [2.05, 4.69) is 0 Å². The van der Waals surface area contributed by atoms with Crippen LogP contribution in [0.1, 0.15) is 43.0 Å². The molecule has 2 N–H and O–H groups in total. The Kier molecular flexibility index (Phi) is 7.08. The predicted octanol–water partition coefficient (Wildman–Crippen LogP) is 5.44. The highest BCUT2D eigenvalue weighted by molar-refractivity contribution is 5.89. The number of benzene rings is 3. The van der Waals surface area contributed by atoms with Gasteiger partial charge in [0.2, 0.25) is 0 Å². The zero-order valence-corrected chi connectivity index (χ0v) is 17.6. The fourth-order valence-electron chi connectivity index (χ4n) is 3.05. The maximum Gasteiger partial charge on any atom is 0.335 e. The van der Waals surface area contributed by atoms with Crippen molar-refractivity contribution in [3.8, 4) is 11.5 Å². The van der Waals surface area contributed by atoms with Crippen molar-refractivity contribution in [2.45, 2.75) is 0 Å². The number of hydrogen-bond donors (Lipinski definition) is 2. The maximum atomic E-state index is 11.0. The molecule has 0 saturated heterocycles. The molecular formula is C26H22O6. The number of rotatable bonds is 8. The van der Waals surface area contributed by atoms with E-state index in [-0.39, 0.29) is 11.1 Å². The third-order valence-corrected chi connectivity index (χ3v) is 4.81. The van der Waals surface area contributed by atoms with Crippen LogP contribution in [0.15, 0.2) is 60.7 Å². The van der Waals surface area contributed by atoms with Gasteiger partial charge in [-0.2, -0.15) is 0 Å². The molecule has 0 amide bonds. The number of aromatic carboxylic acids is 2. The molecule has 0 saturated carbocycles. The molecule has 32 heavy (non-hydrogen) atoms. The molecular weight excluding hydrogens is 408 g/mol. The summed E-state index contributed by atoms with van der Waals surface area (Å²) in [6, 6.07) is 16.8. The summed E-state index contributed by atoms with van der Waals surface area (Å²) in [7, 11) is 3.16. The Morgan fingerprint density at radius 2 is 0.969 bits per heavy atom. The number of methoxy groups -OCH3 is 2. The Bertz CT molecular complexity index is 1080. The van der Waals surface area contributed by atoms with Gasteiger partial charge in [0, 0.05) is 11.1 Å². The van der Waals surface area contributed by atoms with Crippen LogP contribution >= 0.6 is 0 Å². The van der Waals surface area contributed by atoms with Crippen molar-refractivity contribution in [2.24, 2.45) is 0 Å². The number of carbonyl (C=O) groups is 2. The monoisotopic (exact) mass is 430 g/mol. The molecule has 0 bridgehead atoms. The van der Waals surface area contributed by atoms with E-state index in [4.69, 9.17) is 19.7 Å². The standard InChI is InChI=1S/C26H22O6/c1-31-23-15-22(14-8-18-5-11-20(12-6-18)26(29)30)24(32-2)16-21(23)13-7-17-3-9-19(10-4-17)25(27)28/h3-16H,1-2H3,(H,27,28)(H,29,30)/b13-7+,14-8+. The molecule has 0 aliphatic carbocycles. The van der Waals surface area contributed by atoms with Crippen molar-refractivity contribution in [3.63, 3.8) is 0 Å². The first-order chi connectivity index (χ1) is 15.4. The van der Waals surface area contributed by atoms with Crippen molar-refractivity contribution in [2.75, 3.05) is 14.2 Å². The molecule has 0 spiro atoms. The molecule has 0 heterocycles. The first-order valence-corrected chi connectivity index (χ1v) is 9.70. The van der Waals surface area contributed by atoms with Gasteiger partial charge in [-0.05, 0) is 47.5 Å². The van der Waals surface area contributed by atoms with Crippen molar-refractivity contribution < 1.29 is 29.3 Å². The van der Waals surface area contributed by atoms with Crippen LogP contribution in [0.5, 0.6) is 11.5 Å². The van der Waals surface area contributed by atoms with E-state index in [1.165, 1.54) is 0 Å². The summed E-state index contributed by atoms with van der Waals surface area (Å²) in [6.45, 7) is 0. The van der Waals surface area contributed by atoms with Gasteiger partial charge in [0.1, 0.15) is 11.5 Å². The van der Waals surface area contributed by atoms with Crippen LogP contribution in [0.4, 0.5) is 0 Å². The Hall–Kier alpha value is -4.32. The van der Waals surface area contributed by atoms with Crippen LogP contribution in [-0.2, 0) is 0 Å². The van der Waals surface area contributed by atoms with Gasteiger partial charge in [0.15, 0.2) is 0 Å². The summed E-state index contributed by atoms with van der Waals surface area (Å²) < 4.78 is 11.1. The normalized spacial score (nSPS) is 11.1. The summed E-state index contributed by atoms with van der Waals surface area (Å²) >= 11 is 0. The second kappa shape index (κ2) is 10.1. The molecule has 0 aromatic heterocycles. The van der Waals surface area contributed by atoms with Crippen LogP contribution in [0.3, 0.4) is 0 Å². The van der Waals surface area contributed by atoms with Crippen LogP contribution in [0.2, 0.25) is 0 Å². The summed E-state index contributed by atoms with van der Waals surface area (Å²) in [5.74, 6) is -0.642. The quantitative estimate of drug-likeness (QED) is 0.462. The van der Waals surface area contributed by atoms with E-state index in [1.54, 1.807) is 62.8 Å². The molecule has 162 valence electrons. The van der Waals surface area contributed by atoms with E-state index in [9.17, 15) is 9.59 Å². The lowest BCUT2D eigenvalue weighted by molar-refractivity contribution is 0.0686. The number of carboxylic acid groups (broad SMARTS) is 2. The number of hydrogen-bond acceptors (Lipinski definition) is 4. The van der Waals surface area contributed by atoms with Crippen LogP contribution in [0.25, 0.3) is 24.3 Å². The fourth-order valence-corrected chi connectivity index (χ4v) is 3.05. The second-order valence-electron chi connectivity index (χ2n) is 6.86. The first kappa shape index (κ1) is 22.4. The molecule has 3 rings (SSSR count). The van der Waals surface area contributed by atoms with Crippen molar-refractivity contribution in [1.82, 2.24) is 0 Å². The van der Waals surface area contributed by atoms with Gasteiger partial charge >= 0.3 is 11.9 Å². The smallest absolute Gasteiger partial charge is 0.335 e. The number of ether oxygens (including phenoxy) is 2. The Morgan fingerprint density at radius 3 is 1.25 bits per heavy atom. The summed E-state index contributed by atoms with van der Waals surface area (Å²) in [6.07, 6.45) is 7.47. The van der Waals surface area contributed by atoms with Gasteiger partial charge in [-0.25, -0.2) is 9.59 Å². The van der Waals surface area contributed by atoms with Crippen molar-refractivity contribution in [1.29, 1.82) is 0 Å². The molecule has 0 fully saturated rings. The first-order valence-electron chi connectivity index (χ1n) is 9.70. The van der Waals surface area contributed by atoms with Gasteiger partial charge in [-0.3, -0.25) is 0 Å².